The molecule has 2 N–H and O–H groups in total. The molecule has 39 heavy (non-hydrogen) atoms. The summed E-state index contributed by atoms with van der Waals surface area (Å²) in [5.41, 5.74) is 5.48. The summed E-state index contributed by atoms with van der Waals surface area (Å²) in [6, 6.07) is 10.8. The van der Waals surface area contributed by atoms with Gasteiger partial charge in [-0.15, -0.1) is 0 Å². The Morgan fingerprint density at radius 1 is 0.538 bits per heavy atom. The summed E-state index contributed by atoms with van der Waals surface area (Å²) in [6.07, 6.45) is 0.895. The predicted molar refractivity (Wildman–Crippen MR) is 167 cm³/mol. The van der Waals surface area contributed by atoms with Crippen LogP contribution in [0.3, 0.4) is 0 Å². The van der Waals surface area contributed by atoms with E-state index in [9.17, 15) is 0 Å². The maximum absolute atomic E-state index is 5.79. The zero-order chi connectivity index (χ0) is 30.0. The average Bonchev–Trinajstić information content (AvgIpc) is 2.89. The molecular weight excluding hydrogens is 551 g/mol. The van der Waals surface area contributed by atoms with E-state index >= 15 is 0 Å². The number of benzene rings is 1. The number of hydrogen-bond donors (Lipinski definition) is 1. The van der Waals surface area contributed by atoms with Crippen molar-refractivity contribution in [3.05, 3.63) is 30.3 Å². The molecule has 0 unspecified atom stereocenters. The van der Waals surface area contributed by atoms with Crippen molar-refractivity contribution in [2.45, 2.75) is 80.9 Å². The number of nitrogens with two attached hydrogens (primary N) is 1. The minimum atomic E-state index is -2.67. The van der Waals surface area contributed by atoms with Gasteiger partial charge < -0.3 is 41.1 Å². The van der Waals surface area contributed by atoms with Crippen molar-refractivity contribution in [2.75, 3.05) is 59.4 Å². The second-order valence-electron chi connectivity index (χ2n) is 8.36. The van der Waals surface area contributed by atoms with Gasteiger partial charge in [-0.05, 0) is 81.4 Å². The van der Waals surface area contributed by atoms with Crippen LogP contribution < -0.4 is 10.9 Å². The van der Waals surface area contributed by atoms with Crippen LogP contribution in [0.15, 0.2) is 30.3 Å². The fourth-order valence-electron chi connectivity index (χ4n) is 3.64. The van der Waals surface area contributed by atoms with E-state index in [1.807, 2.05) is 85.7 Å². The summed E-state index contributed by atoms with van der Waals surface area (Å²) in [5, 5.41) is 1.03. The normalized spacial score (nSPS) is 11.9. The van der Waals surface area contributed by atoms with Crippen molar-refractivity contribution in [2.24, 2.45) is 5.73 Å². The summed E-state index contributed by atoms with van der Waals surface area (Å²) in [7, 11) is -6.77. The van der Waals surface area contributed by atoms with E-state index in [2.05, 4.69) is 13.1 Å². The predicted octanol–water partition coefficient (Wildman–Crippen LogP) is 5.09. The third-order valence-corrected chi connectivity index (χ3v) is 13.1. The lowest BCUT2D eigenvalue weighted by Gasteiger charge is -2.28. The van der Waals surface area contributed by atoms with Crippen molar-refractivity contribution < 1.29 is 35.4 Å². The lowest BCUT2D eigenvalue weighted by molar-refractivity contribution is 0.0709. The van der Waals surface area contributed by atoms with E-state index < -0.39 is 26.2 Å². The van der Waals surface area contributed by atoms with Crippen LogP contribution in [0.4, 0.5) is 0 Å². The smallest absolute Gasteiger partial charge is 0.395 e. The van der Waals surface area contributed by atoms with Crippen LogP contribution >= 0.6 is 0 Å². The van der Waals surface area contributed by atoms with Gasteiger partial charge >= 0.3 is 26.2 Å². The maximum Gasteiger partial charge on any atom is 0.537 e. The van der Waals surface area contributed by atoms with Gasteiger partial charge in [0.05, 0.1) is 0 Å². The fourth-order valence-corrected chi connectivity index (χ4v) is 10.2. The van der Waals surface area contributed by atoms with Crippen LogP contribution in [-0.2, 0) is 35.4 Å². The molecule has 0 fully saturated rings. The highest BCUT2D eigenvalue weighted by Gasteiger charge is 2.43. The van der Waals surface area contributed by atoms with Crippen LogP contribution in [0.5, 0.6) is 0 Å². The summed E-state index contributed by atoms with van der Waals surface area (Å²) in [6.45, 7) is 25.7. The van der Waals surface area contributed by atoms with E-state index in [0.717, 1.165) is 30.9 Å². The Kier molecular flexibility index (Phi) is 26.3. The Hall–Kier alpha value is -0.489. The molecule has 0 atom stereocenters. The molecule has 232 valence electrons. The first-order chi connectivity index (χ1) is 18.7. The molecular formula is C27H59NO8Si3. The number of rotatable bonds is 20. The highest BCUT2D eigenvalue weighted by atomic mass is 28.4. The number of hydrogen-bond acceptors (Lipinski definition) is 9. The summed E-state index contributed by atoms with van der Waals surface area (Å²) in [5.74, 6) is 0. The van der Waals surface area contributed by atoms with Crippen LogP contribution in [0.1, 0.15) is 61.8 Å². The van der Waals surface area contributed by atoms with E-state index in [4.69, 9.17) is 41.1 Å². The van der Waals surface area contributed by atoms with Crippen molar-refractivity contribution in [1.82, 2.24) is 0 Å². The van der Waals surface area contributed by atoms with Crippen molar-refractivity contribution in [3.63, 3.8) is 0 Å². The van der Waals surface area contributed by atoms with Crippen LogP contribution in [-0.4, -0.2) is 85.6 Å². The van der Waals surface area contributed by atoms with Crippen molar-refractivity contribution >= 4 is 31.4 Å². The van der Waals surface area contributed by atoms with E-state index in [-0.39, 0.29) is 0 Å². The van der Waals surface area contributed by atoms with Gasteiger partial charge in [0.15, 0.2) is 0 Å². The molecule has 0 aliphatic carbocycles. The van der Waals surface area contributed by atoms with Gasteiger partial charge in [0, 0.05) is 64.1 Å². The average molecular weight is 610 g/mol. The van der Waals surface area contributed by atoms with Gasteiger partial charge in [-0.2, -0.15) is 0 Å². The lowest BCUT2D eigenvalue weighted by atomic mass is 10.4. The molecule has 0 amide bonds. The second kappa shape index (κ2) is 25.2. The topological polar surface area (TPSA) is 99.9 Å². The minimum absolute atomic E-state index is 0.598. The Morgan fingerprint density at radius 3 is 1.21 bits per heavy atom. The molecule has 0 heterocycles. The SMILES string of the molecule is CCO[Si](C)(C)OCC.CCO[Si](CCCN)(OCC)OCC.CCO[Si](OCC)(OCC)c1ccccc1. The molecule has 0 spiro atoms. The lowest BCUT2D eigenvalue weighted by Crippen LogP contribution is -2.56. The van der Waals surface area contributed by atoms with Crippen molar-refractivity contribution in [3.8, 4) is 0 Å². The molecule has 1 rings (SSSR count). The van der Waals surface area contributed by atoms with E-state index in [1.165, 1.54) is 0 Å². The third-order valence-electron chi connectivity index (χ3n) is 4.89. The zero-order valence-electron chi connectivity index (χ0n) is 26.5. The quantitative estimate of drug-likeness (QED) is 0.203. The summed E-state index contributed by atoms with van der Waals surface area (Å²) in [4.78, 5) is 0. The van der Waals surface area contributed by atoms with Gasteiger partial charge in [0.25, 0.3) is 0 Å². The Bertz CT molecular complexity index is 617. The summed E-state index contributed by atoms with van der Waals surface area (Å²) >= 11 is 0. The van der Waals surface area contributed by atoms with Crippen LogP contribution in [0.25, 0.3) is 0 Å². The first kappa shape index (κ1) is 40.6. The summed E-state index contributed by atoms with van der Waals surface area (Å²) < 4.78 is 45.1. The standard InChI is InChI=1S/C12H20O3Si.C9H23NO3Si.C6H16O2Si/c1-4-13-16(14-5-2,15-6-3)12-10-8-7-9-11-12;1-4-11-14(12-5-2,13-6-3)9-7-8-10;1-5-7-9(3,4)8-6-2/h7-11H,4-6H2,1-3H3;4-10H2,1-3H3;5-6H2,1-4H3. The van der Waals surface area contributed by atoms with E-state index in [0.29, 0.717) is 46.2 Å². The Balaban J connectivity index is 0. The van der Waals surface area contributed by atoms with Crippen molar-refractivity contribution in [1.29, 1.82) is 0 Å². The molecule has 0 radical (unpaired) electrons. The molecule has 0 bridgehead atoms. The first-order valence-electron chi connectivity index (χ1n) is 14.5. The van der Waals surface area contributed by atoms with Gasteiger partial charge in [0.1, 0.15) is 0 Å². The van der Waals surface area contributed by atoms with E-state index in [1.54, 1.807) is 0 Å². The first-order valence-corrected chi connectivity index (χ1v) is 21.0. The molecule has 0 saturated carbocycles. The minimum Gasteiger partial charge on any atom is -0.395 e. The van der Waals surface area contributed by atoms with Crippen LogP contribution in [0.2, 0.25) is 19.1 Å². The van der Waals surface area contributed by atoms with Crippen LogP contribution in [0, 0.1) is 0 Å². The van der Waals surface area contributed by atoms with Gasteiger partial charge in [-0.1, -0.05) is 30.3 Å². The Morgan fingerprint density at radius 2 is 0.897 bits per heavy atom. The molecule has 1 aromatic rings. The molecule has 0 aliphatic heterocycles. The maximum atomic E-state index is 5.79. The monoisotopic (exact) mass is 609 g/mol. The van der Waals surface area contributed by atoms with Gasteiger partial charge in [0.2, 0.25) is 0 Å². The molecule has 0 saturated heterocycles. The van der Waals surface area contributed by atoms with Gasteiger partial charge in [-0.3, -0.25) is 0 Å². The Labute approximate surface area is 242 Å². The molecule has 0 aliphatic rings. The molecule has 0 aromatic heterocycles. The largest absolute Gasteiger partial charge is 0.537 e. The zero-order valence-corrected chi connectivity index (χ0v) is 29.5. The highest BCUT2D eigenvalue weighted by molar-refractivity contribution is 6.75. The molecule has 1 aromatic carbocycles. The molecule has 9 nitrogen and oxygen atoms in total. The highest BCUT2D eigenvalue weighted by Crippen LogP contribution is 2.17. The molecule has 12 heteroatoms. The van der Waals surface area contributed by atoms with Gasteiger partial charge in [-0.25, -0.2) is 0 Å². The second-order valence-corrected chi connectivity index (χ2v) is 17.0. The third kappa shape index (κ3) is 18.5. The fraction of sp³-hybridized carbons (Fsp3) is 0.778.